The molecule has 0 amide bonds. The van der Waals surface area contributed by atoms with E-state index in [-0.39, 0.29) is 23.3 Å². The minimum Gasteiger partial charge on any atom is -0.454 e. The summed E-state index contributed by atoms with van der Waals surface area (Å²) in [6.45, 7) is 3.65. The molecule has 6 heteroatoms. The van der Waals surface area contributed by atoms with Crippen molar-refractivity contribution in [3.63, 3.8) is 0 Å². The number of nitrogens with zero attached hydrogens (tertiary/aromatic N) is 1. The van der Waals surface area contributed by atoms with Gasteiger partial charge in [0.25, 0.3) is 0 Å². The van der Waals surface area contributed by atoms with Crippen molar-refractivity contribution in [2.45, 2.75) is 13.8 Å². The molecule has 0 aliphatic carbocycles. The third kappa shape index (κ3) is 2.41. The van der Waals surface area contributed by atoms with E-state index in [9.17, 15) is 10.1 Å². The van der Waals surface area contributed by atoms with Gasteiger partial charge in [0, 0.05) is 12.0 Å². The summed E-state index contributed by atoms with van der Waals surface area (Å²) in [6.07, 6.45) is 1.50. The Hall–Kier alpha value is -1.75. The molecule has 1 aromatic carbocycles. The van der Waals surface area contributed by atoms with Crippen LogP contribution in [0.4, 0.5) is 0 Å². The molecule has 18 heavy (non-hydrogen) atoms. The molecule has 1 aliphatic heterocycles. The fourth-order valence-electron chi connectivity index (χ4n) is 1.67. The Labute approximate surface area is 109 Å². The summed E-state index contributed by atoms with van der Waals surface area (Å²) in [7, 11) is 0. The van der Waals surface area contributed by atoms with Gasteiger partial charge in [-0.25, -0.2) is 0 Å². The number of rotatable bonds is 3. The van der Waals surface area contributed by atoms with Crippen molar-refractivity contribution < 1.29 is 14.4 Å². The second-order valence-corrected chi connectivity index (χ2v) is 4.62. The van der Waals surface area contributed by atoms with Crippen LogP contribution < -0.4 is 9.47 Å². The first-order valence-corrected chi connectivity index (χ1v) is 5.82. The molecule has 1 aliphatic rings. The third-order valence-electron chi connectivity index (χ3n) is 2.57. The van der Waals surface area contributed by atoms with Crippen molar-refractivity contribution in [1.82, 2.24) is 0 Å². The zero-order chi connectivity index (χ0) is 13.3. The summed E-state index contributed by atoms with van der Waals surface area (Å²) in [5, 5.41) is 11.3. The molecule has 0 saturated heterocycles. The number of benzene rings is 1. The van der Waals surface area contributed by atoms with Gasteiger partial charge in [-0.3, -0.25) is 10.1 Å². The van der Waals surface area contributed by atoms with Crippen LogP contribution in [0.2, 0.25) is 5.02 Å². The quantitative estimate of drug-likeness (QED) is 0.624. The first-order chi connectivity index (χ1) is 8.49. The summed E-state index contributed by atoms with van der Waals surface area (Å²) in [5.74, 6) is 0.824. The molecule has 0 fully saturated rings. The van der Waals surface area contributed by atoms with E-state index in [1.807, 2.05) is 0 Å². The monoisotopic (exact) mass is 269 g/mol. The summed E-state index contributed by atoms with van der Waals surface area (Å²) in [6, 6.07) is 3.31. The Morgan fingerprint density at radius 2 is 2.22 bits per heavy atom. The van der Waals surface area contributed by atoms with Gasteiger partial charge in [-0.15, -0.1) is 0 Å². The first kappa shape index (κ1) is 12.7. The Kier molecular flexibility index (Phi) is 3.43. The lowest BCUT2D eigenvalue weighted by atomic mass is 10.1. The maximum absolute atomic E-state index is 10.9. The maximum Gasteiger partial charge on any atom is 0.249 e. The molecule has 5 nitrogen and oxygen atoms in total. The van der Waals surface area contributed by atoms with Crippen molar-refractivity contribution in [3.05, 3.63) is 38.5 Å². The Balaban J connectivity index is 2.43. The molecule has 0 radical (unpaired) electrons. The highest BCUT2D eigenvalue weighted by Crippen LogP contribution is 2.40. The van der Waals surface area contributed by atoms with E-state index in [1.54, 1.807) is 26.0 Å². The predicted octanol–water partition coefficient (Wildman–Crippen LogP) is 3.34. The molecule has 0 unspecified atom stereocenters. The van der Waals surface area contributed by atoms with Crippen molar-refractivity contribution in [3.8, 4) is 11.5 Å². The minimum atomic E-state index is -0.386. The number of nitro groups is 1. The van der Waals surface area contributed by atoms with Crippen LogP contribution in [0.5, 0.6) is 11.5 Å². The molecule has 0 aromatic heterocycles. The van der Waals surface area contributed by atoms with Gasteiger partial charge < -0.3 is 9.47 Å². The Morgan fingerprint density at radius 1 is 1.50 bits per heavy atom. The lowest BCUT2D eigenvalue weighted by Crippen LogP contribution is -2.05. The summed E-state index contributed by atoms with van der Waals surface area (Å²) < 4.78 is 10.4. The van der Waals surface area contributed by atoms with E-state index in [4.69, 9.17) is 21.1 Å². The molecule has 0 saturated carbocycles. The zero-order valence-electron chi connectivity index (χ0n) is 9.97. The van der Waals surface area contributed by atoms with Crippen LogP contribution in [-0.4, -0.2) is 11.7 Å². The van der Waals surface area contributed by atoms with Crippen LogP contribution in [0, 0.1) is 16.0 Å². The van der Waals surface area contributed by atoms with Gasteiger partial charge in [0.1, 0.15) is 0 Å². The lowest BCUT2D eigenvalue weighted by molar-refractivity contribution is -0.431. The molecule has 0 bridgehead atoms. The fourth-order valence-corrected chi connectivity index (χ4v) is 1.95. The molecule has 2 rings (SSSR count). The van der Waals surface area contributed by atoms with Crippen molar-refractivity contribution >= 4 is 17.7 Å². The molecule has 0 spiro atoms. The summed E-state index contributed by atoms with van der Waals surface area (Å²) >= 11 is 6.01. The predicted molar refractivity (Wildman–Crippen MR) is 67.4 cm³/mol. The maximum atomic E-state index is 10.9. The SMILES string of the molecule is CC(C)/C(=C/c1cc(Cl)c2c(c1)OCO2)[N+](=O)[O-]. The highest BCUT2D eigenvalue weighted by Gasteiger charge is 2.20. The Bertz CT molecular complexity index is 525. The van der Waals surface area contributed by atoms with E-state index < -0.39 is 0 Å². The number of hydrogen-bond acceptors (Lipinski definition) is 4. The van der Waals surface area contributed by atoms with Crippen LogP contribution >= 0.6 is 11.6 Å². The minimum absolute atomic E-state index is 0.120. The average Bonchev–Trinajstić information content (AvgIpc) is 2.73. The van der Waals surface area contributed by atoms with Gasteiger partial charge in [-0.05, 0) is 17.7 Å². The summed E-state index contributed by atoms with van der Waals surface area (Å²) in [5.41, 5.74) is 0.759. The van der Waals surface area contributed by atoms with E-state index in [1.165, 1.54) is 6.08 Å². The molecule has 1 heterocycles. The van der Waals surface area contributed by atoms with E-state index in [2.05, 4.69) is 0 Å². The van der Waals surface area contributed by atoms with E-state index in [0.717, 1.165) is 0 Å². The number of hydrogen-bond donors (Lipinski definition) is 0. The topological polar surface area (TPSA) is 61.6 Å². The van der Waals surface area contributed by atoms with Gasteiger partial charge in [0.2, 0.25) is 12.5 Å². The standard InChI is InChI=1S/C12H12ClNO4/c1-7(2)10(14(15)16)4-8-3-9(13)12-11(5-8)17-6-18-12/h3-5,7H,6H2,1-2H3/b10-4-. The largest absolute Gasteiger partial charge is 0.454 e. The van der Waals surface area contributed by atoms with Gasteiger partial charge in [0.15, 0.2) is 11.5 Å². The molecule has 96 valence electrons. The number of allylic oxidation sites excluding steroid dienone is 1. The summed E-state index contributed by atoms with van der Waals surface area (Å²) in [4.78, 5) is 10.5. The molecular formula is C12H12ClNO4. The normalized spacial score (nSPS) is 14.1. The van der Waals surface area contributed by atoms with Crippen LogP contribution in [0.15, 0.2) is 17.8 Å². The number of fused-ring (bicyclic) bond motifs is 1. The highest BCUT2D eigenvalue weighted by molar-refractivity contribution is 6.32. The lowest BCUT2D eigenvalue weighted by Gasteiger charge is -2.04. The van der Waals surface area contributed by atoms with E-state index in [0.29, 0.717) is 22.1 Å². The highest BCUT2D eigenvalue weighted by atomic mass is 35.5. The van der Waals surface area contributed by atoms with Gasteiger partial charge in [-0.1, -0.05) is 25.4 Å². The van der Waals surface area contributed by atoms with Crippen LogP contribution in [0.1, 0.15) is 19.4 Å². The van der Waals surface area contributed by atoms with Gasteiger partial charge in [0.05, 0.1) is 9.95 Å². The second kappa shape index (κ2) is 4.86. The molecular weight excluding hydrogens is 258 g/mol. The van der Waals surface area contributed by atoms with Crippen LogP contribution in [-0.2, 0) is 0 Å². The molecule has 0 N–H and O–H groups in total. The van der Waals surface area contributed by atoms with Crippen molar-refractivity contribution in [2.24, 2.45) is 5.92 Å². The second-order valence-electron chi connectivity index (χ2n) is 4.22. The number of halogens is 1. The van der Waals surface area contributed by atoms with Crippen molar-refractivity contribution in [1.29, 1.82) is 0 Å². The number of ether oxygens (including phenoxy) is 2. The van der Waals surface area contributed by atoms with Gasteiger partial charge in [-0.2, -0.15) is 0 Å². The van der Waals surface area contributed by atoms with Crippen molar-refractivity contribution in [2.75, 3.05) is 6.79 Å². The third-order valence-corrected chi connectivity index (χ3v) is 2.85. The van der Waals surface area contributed by atoms with E-state index >= 15 is 0 Å². The average molecular weight is 270 g/mol. The fraction of sp³-hybridized carbons (Fsp3) is 0.333. The molecule has 1 aromatic rings. The smallest absolute Gasteiger partial charge is 0.249 e. The molecule has 0 atom stereocenters. The van der Waals surface area contributed by atoms with Gasteiger partial charge >= 0.3 is 0 Å². The van der Waals surface area contributed by atoms with Crippen LogP contribution in [0.25, 0.3) is 6.08 Å². The first-order valence-electron chi connectivity index (χ1n) is 5.44. The zero-order valence-corrected chi connectivity index (χ0v) is 10.7. The Morgan fingerprint density at radius 3 is 2.83 bits per heavy atom. The van der Waals surface area contributed by atoms with Crippen LogP contribution in [0.3, 0.4) is 0 Å².